The van der Waals surface area contributed by atoms with Crippen molar-refractivity contribution < 1.29 is 4.79 Å². The van der Waals surface area contributed by atoms with Crippen LogP contribution in [0.15, 0.2) is 29.3 Å². The number of aliphatic imine (C=N–C) groups is 1. The standard InChI is InChI=1S/C11H10N2OS/c1-7-8-4-2-3-5-9(8)12-11-13(7)10(14)6-15-11/h2-5,7H,6H2,1H3/t7-/m1/s1. The van der Waals surface area contributed by atoms with Gasteiger partial charge >= 0.3 is 0 Å². The maximum absolute atomic E-state index is 11.7. The van der Waals surface area contributed by atoms with Gasteiger partial charge in [-0.3, -0.25) is 9.69 Å². The van der Waals surface area contributed by atoms with Crippen LogP contribution in [-0.2, 0) is 4.79 Å². The van der Waals surface area contributed by atoms with Gasteiger partial charge in [0.2, 0.25) is 5.91 Å². The molecule has 3 rings (SSSR count). The van der Waals surface area contributed by atoms with Gasteiger partial charge in [0.15, 0.2) is 5.17 Å². The maximum Gasteiger partial charge on any atom is 0.239 e. The van der Waals surface area contributed by atoms with Gasteiger partial charge in [0.25, 0.3) is 0 Å². The number of thioether (sulfide) groups is 1. The van der Waals surface area contributed by atoms with Gasteiger partial charge in [-0.1, -0.05) is 30.0 Å². The molecule has 0 radical (unpaired) electrons. The van der Waals surface area contributed by atoms with E-state index >= 15 is 0 Å². The van der Waals surface area contributed by atoms with Crippen LogP contribution in [0.5, 0.6) is 0 Å². The third kappa shape index (κ3) is 1.21. The summed E-state index contributed by atoms with van der Waals surface area (Å²) < 4.78 is 0. The third-order valence-corrected chi connectivity index (χ3v) is 3.73. The second-order valence-corrected chi connectivity index (χ2v) is 4.62. The topological polar surface area (TPSA) is 32.7 Å². The number of benzene rings is 1. The van der Waals surface area contributed by atoms with Crippen LogP contribution in [0.1, 0.15) is 18.5 Å². The lowest BCUT2D eigenvalue weighted by atomic mass is 10.0. The van der Waals surface area contributed by atoms with Gasteiger partial charge in [-0.05, 0) is 13.0 Å². The van der Waals surface area contributed by atoms with Crippen molar-refractivity contribution in [2.45, 2.75) is 13.0 Å². The zero-order valence-electron chi connectivity index (χ0n) is 8.30. The minimum Gasteiger partial charge on any atom is -0.283 e. The fourth-order valence-corrected chi connectivity index (χ4v) is 2.98. The molecule has 0 N–H and O–H groups in total. The van der Waals surface area contributed by atoms with Crippen LogP contribution in [0, 0.1) is 0 Å². The molecule has 3 nitrogen and oxygen atoms in total. The highest BCUT2D eigenvalue weighted by Gasteiger charge is 2.36. The summed E-state index contributed by atoms with van der Waals surface area (Å²) in [6.07, 6.45) is 0. The molecule has 1 aromatic carbocycles. The minimum absolute atomic E-state index is 0.121. The smallest absolute Gasteiger partial charge is 0.239 e. The van der Waals surface area contributed by atoms with Crippen molar-refractivity contribution in [3.63, 3.8) is 0 Å². The van der Waals surface area contributed by atoms with Crippen molar-refractivity contribution in [2.24, 2.45) is 4.99 Å². The summed E-state index contributed by atoms with van der Waals surface area (Å²) in [6, 6.07) is 8.13. The first-order valence-electron chi connectivity index (χ1n) is 4.90. The van der Waals surface area contributed by atoms with Crippen LogP contribution in [-0.4, -0.2) is 21.7 Å². The molecule has 1 saturated heterocycles. The molecule has 1 amide bonds. The van der Waals surface area contributed by atoms with Gasteiger partial charge in [0, 0.05) is 5.56 Å². The lowest BCUT2D eigenvalue weighted by Gasteiger charge is -2.29. The molecule has 0 unspecified atom stereocenters. The number of amidine groups is 1. The van der Waals surface area contributed by atoms with Crippen molar-refractivity contribution in [1.29, 1.82) is 0 Å². The predicted molar refractivity (Wildman–Crippen MR) is 61.3 cm³/mol. The molecule has 1 atom stereocenters. The molecular weight excluding hydrogens is 208 g/mol. The first-order chi connectivity index (χ1) is 7.27. The third-order valence-electron chi connectivity index (χ3n) is 2.79. The highest BCUT2D eigenvalue weighted by molar-refractivity contribution is 8.15. The van der Waals surface area contributed by atoms with E-state index in [0.29, 0.717) is 5.75 Å². The Labute approximate surface area is 92.2 Å². The van der Waals surface area contributed by atoms with E-state index < -0.39 is 0 Å². The average Bonchev–Trinajstić information content (AvgIpc) is 2.61. The Kier molecular flexibility index (Phi) is 1.85. The van der Waals surface area contributed by atoms with E-state index in [1.807, 2.05) is 24.3 Å². The molecule has 0 spiro atoms. The average molecular weight is 218 g/mol. The van der Waals surface area contributed by atoms with Gasteiger partial charge in [0.05, 0.1) is 17.5 Å². The number of hydrogen-bond acceptors (Lipinski definition) is 3. The summed E-state index contributed by atoms with van der Waals surface area (Å²) in [5.41, 5.74) is 2.13. The van der Waals surface area contributed by atoms with Gasteiger partial charge in [-0.15, -0.1) is 0 Å². The van der Waals surface area contributed by atoms with Crippen LogP contribution in [0.4, 0.5) is 5.69 Å². The van der Waals surface area contributed by atoms with E-state index in [2.05, 4.69) is 11.9 Å². The predicted octanol–water partition coefficient (Wildman–Crippen LogP) is 2.32. The fraction of sp³-hybridized carbons (Fsp3) is 0.273. The summed E-state index contributed by atoms with van der Waals surface area (Å²) in [6.45, 7) is 2.05. The maximum atomic E-state index is 11.7. The lowest BCUT2D eigenvalue weighted by Crippen LogP contribution is -2.34. The summed E-state index contributed by atoms with van der Waals surface area (Å²) in [5, 5.41) is 0.853. The van der Waals surface area contributed by atoms with E-state index in [1.54, 1.807) is 4.90 Å². The molecule has 2 aliphatic rings. The van der Waals surface area contributed by atoms with Crippen LogP contribution < -0.4 is 0 Å². The Bertz CT molecular complexity index is 469. The quantitative estimate of drug-likeness (QED) is 0.669. The van der Waals surface area contributed by atoms with Gasteiger partial charge < -0.3 is 0 Å². The monoisotopic (exact) mass is 218 g/mol. The van der Waals surface area contributed by atoms with Crippen LogP contribution >= 0.6 is 11.8 Å². The lowest BCUT2D eigenvalue weighted by molar-refractivity contribution is -0.125. The SMILES string of the molecule is C[C@@H]1c2ccccc2N=C2SCC(=O)N21. The molecule has 0 aliphatic carbocycles. The summed E-state index contributed by atoms with van der Waals surface area (Å²) >= 11 is 1.53. The number of nitrogens with zero attached hydrogens (tertiary/aromatic N) is 2. The Morgan fingerprint density at radius 2 is 2.27 bits per heavy atom. The second-order valence-electron chi connectivity index (χ2n) is 3.68. The molecule has 0 bridgehead atoms. The number of fused-ring (bicyclic) bond motifs is 2. The molecule has 76 valence electrons. The van der Waals surface area contributed by atoms with Crippen LogP contribution in [0.3, 0.4) is 0 Å². The normalized spacial score (nSPS) is 23.5. The fourth-order valence-electron chi connectivity index (χ4n) is 2.02. The molecule has 0 saturated carbocycles. The van der Waals surface area contributed by atoms with E-state index in [4.69, 9.17) is 0 Å². The number of rotatable bonds is 0. The molecule has 1 aromatic rings. The van der Waals surface area contributed by atoms with Gasteiger partial charge in [-0.2, -0.15) is 0 Å². The summed E-state index contributed by atoms with van der Waals surface area (Å²) in [5.74, 6) is 0.692. The minimum atomic E-state index is 0.121. The molecule has 15 heavy (non-hydrogen) atoms. The largest absolute Gasteiger partial charge is 0.283 e. The highest BCUT2D eigenvalue weighted by Crippen LogP contribution is 2.39. The Morgan fingerprint density at radius 3 is 3.13 bits per heavy atom. The van der Waals surface area contributed by atoms with Crippen molar-refractivity contribution >= 4 is 28.5 Å². The molecular formula is C11H10N2OS. The Morgan fingerprint density at radius 1 is 1.47 bits per heavy atom. The Hall–Kier alpha value is -1.29. The molecule has 2 heterocycles. The summed E-state index contributed by atoms with van der Waals surface area (Å²) in [4.78, 5) is 17.9. The summed E-state index contributed by atoms with van der Waals surface area (Å²) in [7, 11) is 0. The zero-order chi connectivity index (χ0) is 10.4. The van der Waals surface area contributed by atoms with E-state index in [9.17, 15) is 4.79 Å². The van der Waals surface area contributed by atoms with Crippen molar-refractivity contribution in [2.75, 3.05) is 5.75 Å². The van der Waals surface area contributed by atoms with Crippen molar-refractivity contribution in [3.05, 3.63) is 29.8 Å². The zero-order valence-corrected chi connectivity index (χ0v) is 9.12. The van der Waals surface area contributed by atoms with E-state index in [0.717, 1.165) is 16.4 Å². The van der Waals surface area contributed by atoms with Gasteiger partial charge in [-0.25, -0.2) is 4.99 Å². The second kappa shape index (κ2) is 3.10. The number of para-hydroxylation sites is 1. The number of amides is 1. The van der Waals surface area contributed by atoms with E-state index in [1.165, 1.54) is 11.8 Å². The first-order valence-corrected chi connectivity index (χ1v) is 5.88. The highest BCUT2D eigenvalue weighted by atomic mass is 32.2. The molecule has 2 aliphatic heterocycles. The Balaban J connectivity index is 2.17. The molecule has 4 heteroatoms. The van der Waals surface area contributed by atoms with Crippen molar-refractivity contribution in [3.8, 4) is 0 Å². The molecule has 0 aromatic heterocycles. The number of hydrogen-bond donors (Lipinski definition) is 0. The van der Waals surface area contributed by atoms with E-state index in [-0.39, 0.29) is 11.9 Å². The van der Waals surface area contributed by atoms with Crippen LogP contribution in [0.25, 0.3) is 0 Å². The van der Waals surface area contributed by atoms with Crippen LogP contribution in [0.2, 0.25) is 0 Å². The van der Waals surface area contributed by atoms with Gasteiger partial charge in [0.1, 0.15) is 0 Å². The molecule has 1 fully saturated rings. The number of carbonyl (C=O) groups excluding carboxylic acids is 1. The van der Waals surface area contributed by atoms with Crippen molar-refractivity contribution in [1.82, 2.24) is 4.90 Å². The number of carbonyl (C=O) groups is 1. The first kappa shape index (κ1) is 8.97.